The van der Waals surface area contributed by atoms with E-state index in [1.807, 2.05) is 36.6 Å². The molecule has 2 N–H and O–H groups in total. The molecule has 1 fully saturated rings. The maximum absolute atomic E-state index is 12.5. The Balaban J connectivity index is 1.66. The molecule has 1 aromatic heterocycles. The minimum Gasteiger partial charge on any atom is -0.480 e. The number of aliphatic carboxylic acids is 1. The van der Waals surface area contributed by atoms with Gasteiger partial charge in [0.2, 0.25) is 5.91 Å². The van der Waals surface area contributed by atoms with Crippen molar-refractivity contribution in [2.75, 3.05) is 0 Å². The van der Waals surface area contributed by atoms with Gasteiger partial charge in [0.15, 0.2) is 0 Å². The van der Waals surface area contributed by atoms with E-state index in [1.165, 1.54) is 16.9 Å². The van der Waals surface area contributed by atoms with Crippen LogP contribution in [-0.2, 0) is 16.0 Å². The van der Waals surface area contributed by atoms with Crippen LogP contribution < -0.4 is 5.32 Å². The molecule has 5 nitrogen and oxygen atoms in total. The fourth-order valence-corrected chi connectivity index (χ4v) is 4.17. The summed E-state index contributed by atoms with van der Waals surface area (Å²) in [6.45, 7) is 4.15. The van der Waals surface area contributed by atoms with Gasteiger partial charge in [-0.05, 0) is 38.5 Å². The molecular formula is C20H24N2O3S. The van der Waals surface area contributed by atoms with Gasteiger partial charge in [-0.3, -0.25) is 4.79 Å². The predicted octanol–water partition coefficient (Wildman–Crippen LogP) is 3.81. The summed E-state index contributed by atoms with van der Waals surface area (Å²) in [5.41, 5.74) is 1.76. The molecule has 0 unspecified atom stereocenters. The van der Waals surface area contributed by atoms with E-state index in [1.54, 1.807) is 0 Å². The van der Waals surface area contributed by atoms with Crippen LogP contribution in [0.25, 0.3) is 10.6 Å². The van der Waals surface area contributed by atoms with E-state index < -0.39 is 11.5 Å². The molecule has 1 heterocycles. The van der Waals surface area contributed by atoms with Crippen molar-refractivity contribution in [2.45, 2.75) is 51.5 Å². The van der Waals surface area contributed by atoms with E-state index in [-0.39, 0.29) is 12.3 Å². The molecule has 6 heteroatoms. The number of aryl methyl sites for hydroxylation is 1. The van der Waals surface area contributed by atoms with Crippen LogP contribution in [0.3, 0.4) is 0 Å². The summed E-state index contributed by atoms with van der Waals surface area (Å²) in [4.78, 5) is 28.7. The van der Waals surface area contributed by atoms with Crippen molar-refractivity contribution < 1.29 is 14.7 Å². The summed E-state index contributed by atoms with van der Waals surface area (Å²) in [5, 5.41) is 15.2. The largest absolute Gasteiger partial charge is 0.480 e. The number of hydrogen-bond donors (Lipinski definition) is 2. The van der Waals surface area contributed by atoms with Gasteiger partial charge < -0.3 is 10.4 Å². The molecule has 0 spiro atoms. The lowest BCUT2D eigenvalue weighted by Gasteiger charge is -2.36. The second-order valence-electron chi connectivity index (χ2n) is 7.30. The summed E-state index contributed by atoms with van der Waals surface area (Å²) < 4.78 is 0. The average molecular weight is 372 g/mol. The minimum absolute atomic E-state index is 0.104. The van der Waals surface area contributed by atoms with Gasteiger partial charge in [-0.15, -0.1) is 11.3 Å². The lowest BCUT2D eigenvalue weighted by atomic mass is 9.77. The van der Waals surface area contributed by atoms with Crippen LogP contribution >= 0.6 is 11.3 Å². The van der Waals surface area contributed by atoms with Crippen LogP contribution in [-0.4, -0.2) is 27.5 Å². The number of carboxylic acids is 1. The van der Waals surface area contributed by atoms with Gasteiger partial charge in [-0.25, -0.2) is 9.78 Å². The van der Waals surface area contributed by atoms with Gasteiger partial charge in [0.05, 0.1) is 12.1 Å². The van der Waals surface area contributed by atoms with Gasteiger partial charge in [-0.1, -0.05) is 36.8 Å². The monoisotopic (exact) mass is 372 g/mol. The summed E-state index contributed by atoms with van der Waals surface area (Å²) in [6, 6.07) is 8.09. The van der Waals surface area contributed by atoms with Crippen LogP contribution in [0.2, 0.25) is 0 Å². The Morgan fingerprint density at radius 1 is 1.27 bits per heavy atom. The minimum atomic E-state index is -1.13. The first-order valence-corrected chi connectivity index (χ1v) is 9.82. The van der Waals surface area contributed by atoms with Gasteiger partial charge in [0, 0.05) is 10.9 Å². The number of carbonyl (C=O) groups is 2. The number of hydrogen-bond acceptors (Lipinski definition) is 4. The smallest absolute Gasteiger partial charge is 0.329 e. The first-order valence-electron chi connectivity index (χ1n) is 8.94. The van der Waals surface area contributed by atoms with Gasteiger partial charge in [0.1, 0.15) is 10.5 Å². The summed E-state index contributed by atoms with van der Waals surface area (Å²) in [7, 11) is 0. The second kappa shape index (κ2) is 7.58. The molecule has 1 amide bonds. The normalized spacial score (nSPS) is 22.8. The van der Waals surface area contributed by atoms with Crippen LogP contribution in [0.5, 0.6) is 0 Å². The van der Waals surface area contributed by atoms with Crippen LogP contribution in [0, 0.1) is 12.8 Å². The zero-order valence-corrected chi connectivity index (χ0v) is 15.9. The van der Waals surface area contributed by atoms with Crippen LogP contribution in [0.1, 0.15) is 43.9 Å². The SMILES string of the molecule is Cc1ccc(-c2nc(CC(=O)NC3(C(=O)O)CCC(C)CC3)cs2)cc1. The molecule has 0 saturated heterocycles. The molecule has 1 aliphatic carbocycles. The molecule has 0 aliphatic heterocycles. The highest BCUT2D eigenvalue weighted by Crippen LogP contribution is 2.32. The van der Waals surface area contributed by atoms with Crippen molar-refractivity contribution in [3.05, 3.63) is 40.9 Å². The van der Waals surface area contributed by atoms with E-state index in [0.29, 0.717) is 24.5 Å². The van der Waals surface area contributed by atoms with E-state index in [0.717, 1.165) is 23.4 Å². The third-order valence-electron chi connectivity index (χ3n) is 5.11. The highest BCUT2D eigenvalue weighted by Gasteiger charge is 2.42. The van der Waals surface area contributed by atoms with E-state index in [2.05, 4.69) is 17.2 Å². The number of carbonyl (C=O) groups excluding carboxylic acids is 1. The molecule has 138 valence electrons. The van der Waals surface area contributed by atoms with Crippen LogP contribution in [0.4, 0.5) is 0 Å². The molecule has 26 heavy (non-hydrogen) atoms. The maximum Gasteiger partial charge on any atom is 0.329 e. The highest BCUT2D eigenvalue weighted by molar-refractivity contribution is 7.13. The van der Waals surface area contributed by atoms with Crippen molar-refractivity contribution in [2.24, 2.45) is 5.92 Å². The van der Waals surface area contributed by atoms with Crippen molar-refractivity contribution in [3.63, 3.8) is 0 Å². The van der Waals surface area contributed by atoms with E-state index in [9.17, 15) is 14.7 Å². The van der Waals surface area contributed by atoms with Crippen molar-refractivity contribution in [1.29, 1.82) is 0 Å². The van der Waals surface area contributed by atoms with Crippen molar-refractivity contribution >= 4 is 23.2 Å². The number of rotatable bonds is 5. The second-order valence-corrected chi connectivity index (χ2v) is 8.16. The Bertz CT molecular complexity index is 790. The number of nitrogens with zero attached hydrogens (tertiary/aromatic N) is 1. The first-order chi connectivity index (χ1) is 12.4. The fourth-order valence-electron chi connectivity index (χ4n) is 3.34. The van der Waals surface area contributed by atoms with Crippen molar-refractivity contribution in [1.82, 2.24) is 10.3 Å². The molecule has 3 rings (SSSR count). The Hall–Kier alpha value is -2.21. The topological polar surface area (TPSA) is 79.3 Å². The summed E-state index contributed by atoms with van der Waals surface area (Å²) in [5.74, 6) is -0.700. The molecule has 2 aromatic rings. The predicted molar refractivity (Wildman–Crippen MR) is 102 cm³/mol. The Kier molecular flexibility index (Phi) is 5.41. The number of nitrogens with one attached hydrogen (secondary N) is 1. The van der Waals surface area contributed by atoms with Gasteiger partial charge in [0.25, 0.3) is 0 Å². The molecule has 1 aromatic carbocycles. The molecule has 1 aliphatic rings. The Morgan fingerprint density at radius 3 is 2.54 bits per heavy atom. The lowest BCUT2D eigenvalue weighted by molar-refractivity contribution is -0.149. The fraction of sp³-hybridized carbons (Fsp3) is 0.450. The highest BCUT2D eigenvalue weighted by atomic mass is 32.1. The van der Waals surface area contributed by atoms with Crippen molar-refractivity contribution in [3.8, 4) is 10.6 Å². The van der Waals surface area contributed by atoms with Crippen LogP contribution in [0.15, 0.2) is 29.6 Å². The van der Waals surface area contributed by atoms with E-state index in [4.69, 9.17) is 0 Å². The number of carboxylic acid groups (broad SMARTS) is 1. The third-order valence-corrected chi connectivity index (χ3v) is 6.05. The van der Waals surface area contributed by atoms with Gasteiger partial charge >= 0.3 is 5.97 Å². The number of amides is 1. The average Bonchev–Trinajstić information content (AvgIpc) is 3.06. The third kappa shape index (κ3) is 4.12. The molecule has 0 bridgehead atoms. The number of benzene rings is 1. The maximum atomic E-state index is 12.5. The zero-order valence-electron chi connectivity index (χ0n) is 15.1. The zero-order chi connectivity index (χ0) is 18.7. The first kappa shape index (κ1) is 18.6. The number of thiazole rings is 1. The quantitative estimate of drug-likeness (QED) is 0.836. The van der Waals surface area contributed by atoms with E-state index >= 15 is 0 Å². The van der Waals surface area contributed by atoms with Gasteiger partial charge in [-0.2, -0.15) is 0 Å². The molecule has 0 atom stereocenters. The number of aromatic nitrogens is 1. The summed E-state index contributed by atoms with van der Waals surface area (Å²) in [6.07, 6.45) is 2.72. The molecule has 1 saturated carbocycles. The molecular weight excluding hydrogens is 348 g/mol. The standard InChI is InChI=1S/C20H24N2O3S/c1-13-3-5-15(6-4-13)18-21-16(12-26-18)11-17(23)22-20(19(24)25)9-7-14(2)8-10-20/h3-6,12,14H,7-11H2,1-2H3,(H,22,23)(H,24,25). The Morgan fingerprint density at radius 2 is 1.92 bits per heavy atom. The summed E-state index contributed by atoms with van der Waals surface area (Å²) >= 11 is 1.49. The lowest BCUT2D eigenvalue weighted by Crippen LogP contribution is -2.56. The molecule has 0 radical (unpaired) electrons. The Labute approximate surface area is 157 Å².